The molecule has 1 aromatic heterocycles. The van der Waals surface area contributed by atoms with Crippen LogP contribution in [0.1, 0.15) is 31.7 Å². The molecule has 1 aliphatic heterocycles. The molecular weight excluding hydrogens is 248 g/mol. The van der Waals surface area contributed by atoms with E-state index in [9.17, 15) is 0 Å². The van der Waals surface area contributed by atoms with Crippen LogP contribution in [0, 0.1) is 0 Å². The maximum Gasteiger partial charge on any atom is 0.0867 e. The van der Waals surface area contributed by atoms with E-state index in [2.05, 4.69) is 33.5 Å². The molecule has 0 saturated heterocycles. The highest BCUT2D eigenvalue weighted by atomic mass is 35.5. The van der Waals surface area contributed by atoms with Crippen LogP contribution in [0.4, 0.5) is 0 Å². The van der Waals surface area contributed by atoms with E-state index in [4.69, 9.17) is 11.6 Å². The summed E-state index contributed by atoms with van der Waals surface area (Å²) in [4.78, 5) is 6.45. The molecular formula is C13H21ClN4. The van der Waals surface area contributed by atoms with Gasteiger partial charge in [0.1, 0.15) is 0 Å². The highest BCUT2D eigenvalue weighted by Gasteiger charge is 2.22. The Balaban J connectivity index is 2.26. The predicted octanol–water partition coefficient (Wildman–Crippen LogP) is 2.39. The number of aryl methyl sites for hydroxylation is 1. The van der Waals surface area contributed by atoms with Crippen LogP contribution in [0.25, 0.3) is 0 Å². The van der Waals surface area contributed by atoms with E-state index < -0.39 is 0 Å². The van der Waals surface area contributed by atoms with Crippen molar-refractivity contribution in [3.8, 4) is 0 Å². The first-order valence-corrected chi connectivity index (χ1v) is 6.90. The van der Waals surface area contributed by atoms with Crippen molar-refractivity contribution in [2.24, 2.45) is 4.99 Å². The first kappa shape index (κ1) is 13.6. The quantitative estimate of drug-likeness (QED) is 0.789. The van der Waals surface area contributed by atoms with Gasteiger partial charge in [0, 0.05) is 45.4 Å². The molecule has 2 heterocycles. The lowest BCUT2D eigenvalue weighted by Gasteiger charge is -2.23. The molecule has 0 aromatic carbocycles. The van der Waals surface area contributed by atoms with Gasteiger partial charge >= 0.3 is 0 Å². The third kappa shape index (κ3) is 2.75. The molecule has 2 rings (SSSR count). The Morgan fingerprint density at radius 1 is 1.44 bits per heavy atom. The Morgan fingerprint density at radius 2 is 2.22 bits per heavy atom. The Labute approximate surface area is 114 Å². The summed E-state index contributed by atoms with van der Waals surface area (Å²) < 4.78 is 2.07. The molecule has 0 saturated carbocycles. The largest absolute Gasteiger partial charge is 0.300 e. The van der Waals surface area contributed by atoms with Crippen LogP contribution >= 0.6 is 11.6 Å². The normalized spacial score (nSPS) is 17.4. The van der Waals surface area contributed by atoms with Gasteiger partial charge in [-0.15, -0.1) is 0 Å². The van der Waals surface area contributed by atoms with E-state index in [1.807, 2.05) is 6.21 Å². The lowest BCUT2D eigenvalue weighted by atomic mass is 10.2. The average molecular weight is 269 g/mol. The summed E-state index contributed by atoms with van der Waals surface area (Å²) in [6.45, 7) is 7.42. The van der Waals surface area contributed by atoms with Crippen molar-refractivity contribution in [3.63, 3.8) is 0 Å². The predicted molar refractivity (Wildman–Crippen MR) is 75.5 cm³/mol. The Bertz CT molecular complexity index is 436. The number of aliphatic imine (C=N–C) groups is 1. The SMILES string of the molecule is CN=CCc1nn2c(c1Cl)CN(C(C)C)CCC2. The van der Waals surface area contributed by atoms with Gasteiger partial charge < -0.3 is 4.99 Å². The van der Waals surface area contributed by atoms with Crippen LogP contribution in [-0.2, 0) is 19.5 Å². The molecule has 0 amide bonds. The summed E-state index contributed by atoms with van der Waals surface area (Å²) >= 11 is 6.45. The molecule has 1 aromatic rings. The molecule has 1 aliphatic rings. The maximum absolute atomic E-state index is 6.45. The lowest BCUT2D eigenvalue weighted by molar-refractivity contribution is 0.216. The zero-order valence-corrected chi connectivity index (χ0v) is 12.1. The number of nitrogens with zero attached hydrogens (tertiary/aromatic N) is 4. The monoisotopic (exact) mass is 268 g/mol. The van der Waals surface area contributed by atoms with Gasteiger partial charge in [0.25, 0.3) is 0 Å². The molecule has 0 atom stereocenters. The highest BCUT2D eigenvalue weighted by Crippen LogP contribution is 2.25. The van der Waals surface area contributed by atoms with Crippen molar-refractivity contribution in [2.75, 3.05) is 13.6 Å². The fourth-order valence-electron chi connectivity index (χ4n) is 2.31. The molecule has 5 heteroatoms. The van der Waals surface area contributed by atoms with Gasteiger partial charge in [0.2, 0.25) is 0 Å². The van der Waals surface area contributed by atoms with Crippen molar-refractivity contribution in [1.82, 2.24) is 14.7 Å². The van der Waals surface area contributed by atoms with Gasteiger partial charge in [0.05, 0.1) is 16.4 Å². The van der Waals surface area contributed by atoms with Gasteiger partial charge in [-0.05, 0) is 20.3 Å². The number of hydrogen-bond acceptors (Lipinski definition) is 3. The minimum atomic E-state index is 0.545. The molecule has 0 fully saturated rings. The standard InChI is InChI=1S/C13H21ClN4/c1-10(2)17-7-4-8-18-12(9-17)13(14)11(16-18)5-6-15-3/h6,10H,4-5,7-9H2,1-3H3. The minimum Gasteiger partial charge on any atom is -0.300 e. The third-order valence-electron chi connectivity index (χ3n) is 3.43. The van der Waals surface area contributed by atoms with E-state index >= 15 is 0 Å². The van der Waals surface area contributed by atoms with E-state index in [0.29, 0.717) is 6.04 Å². The van der Waals surface area contributed by atoms with Crippen LogP contribution in [0.15, 0.2) is 4.99 Å². The first-order valence-electron chi connectivity index (χ1n) is 6.52. The van der Waals surface area contributed by atoms with Crippen LogP contribution in [0.3, 0.4) is 0 Å². The molecule has 0 bridgehead atoms. The van der Waals surface area contributed by atoms with E-state index in [1.165, 1.54) is 0 Å². The lowest BCUT2D eigenvalue weighted by Crippen LogP contribution is -2.30. The second kappa shape index (κ2) is 5.85. The summed E-state index contributed by atoms with van der Waals surface area (Å²) in [6, 6.07) is 0.545. The molecule has 0 spiro atoms. The van der Waals surface area contributed by atoms with Gasteiger partial charge in [-0.25, -0.2) is 0 Å². The van der Waals surface area contributed by atoms with Crippen molar-refractivity contribution in [3.05, 3.63) is 16.4 Å². The molecule has 100 valence electrons. The fraction of sp³-hybridized carbons (Fsp3) is 0.692. The van der Waals surface area contributed by atoms with Crippen molar-refractivity contribution >= 4 is 17.8 Å². The molecule has 18 heavy (non-hydrogen) atoms. The number of aromatic nitrogens is 2. The molecule has 4 nitrogen and oxygen atoms in total. The Hall–Kier alpha value is -0.870. The van der Waals surface area contributed by atoms with E-state index in [1.54, 1.807) is 7.05 Å². The van der Waals surface area contributed by atoms with Gasteiger partial charge in [-0.3, -0.25) is 9.58 Å². The zero-order chi connectivity index (χ0) is 13.1. The third-order valence-corrected chi connectivity index (χ3v) is 3.86. The van der Waals surface area contributed by atoms with Gasteiger partial charge in [0.15, 0.2) is 0 Å². The second-order valence-electron chi connectivity index (χ2n) is 4.99. The van der Waals surface area contributed by atoms with E-state index in [-0.39, 0.29) is 0 Å². The summed E-state index contributed by atoms with van der Waals surface area (Å²) in [5.74, 6) is 0. The number of hydrogen-bond donors (Lipinski definition) is 0. The molecule has 0 radical (unpaired) electrons. The zero-order valence-electron chi connectivity index (χ0n) is 11.4. The summed E-state index contributed by atoms with van der Waals surface area (Å²) in [5, 5.41) is 5.43. The number of rotatable bonds is 3. The summed E-state index contributed by atoms with van der Waals surface area (Å²) in [5.41, 5.74) is 2.10. The number of halogens is 1. The highest BCUT2D eigenvalue weighted by molar-refractivity contribution is 6.32. The Kier molecular flexibility index (Phi) is 4.40. The first-order chi connectivity index (χ1) is 8.63. The molecule has 0 unspecified atom stereocenters. The van der Waals surface area contributed by atoms with Crippen molar-refractivity contribution in [1.29, 1.82) is 0 Å². The summed E-state index contributed by atoms with van der Waals surface area (Å²) in [7, 11) is 1.77. The van der Waals surface area contributed by atoms with Crippen LogP contribution in [0.2, 0.25) is 5.02 Å². The smallest absolute Gasteiger partial charge is 0.0867 e. The Morgan fingerprint density at radius 3 is 2.89 bits per heavy atom. The minimum absolute atomic E-state index is 0.545. The topological polar surface area (TPSA) is 33.4 Å². The van der Waals surface area contributed by atoms with Gasteiger partial charge in [-0.2, -0.15) is 5.10 Å². The van der Waals surface area contributed by atoms with Crippen LogP contribution in [-0.4, -0.2) is 40.5 Å². The van der Waals surface area contributed by atoms with Crippen LogP contribution in [0.5, 0.6) is 0 Å². The second-order valence-corrected chi connectivity index (χ2v) is 5.37. The van der Waals surface area contributed by atoms with Gasteiger partial charge in [-0.1, -0.05) is 11.6 Å². The van der Waals surface area contributed by atoms with Crippen LogP contribution < -0.4 is 0 Å². The number of fused-ring (bicyclic) bond motifs is 1. The maximum atomic E-state index is 6.45. The molecule has 0 aliphatic carbocycles. The van der Waals surface area contributed by atoms with E-state index in [0.717, 1.165) is 48.9 Å². The van der Waals surface area contributed by atoms with Crippen molar-refractivity contribution < 1.29 is 0 Å². The molecule has 0 N–H and O–H groups in total. The average Bonchev–Trinajstić information content (AvgIpc) is 2.54. The summed E-state index contributed by atoms with van der Waals surface area (Å²) in [6.07, 6.45) is 3.70. The fourth-order valence-corrected chi connectivity index (χ4v) is 2.58. The van der Waals surface area contributed by atoms with Crippen molar-refractivity contribution in [2.45, 2.75) is 45.8 Å².